The molecule has 2 saturated carbocycles. The molecule has 1 aromatic heterocycles. The van der Waals surface area contributed by atoms with Gasteiger partial charge in [0.15, 0.2) is 0 Å². The number of nitrogens with two attached hydrogens (primary N) is 1. The van der Waals surface area contributed by atoms with E-state index in [1.54, 1.807) is 0 Å². The zero-order valence-corrected chi connectivity index (χ0v) is 11.3. The van der Waals surface area contributed by atoms with Crippen molar-refractivity contribution in [1.29, 1.82) is 0 Å². The predicted molar refractivity (Wildman–Crippen MR) is 71.4 cm³/mol. The smallest absolute Gasteiger partial charge is 0.136 e. The summed E-state index contributed by atoms with van der Waals surface area (Å²) >= 11 is 0. The highest BCUT2D eigenvalue weighted by Gasteiger charge is 2.28. The van der Waals surface area contributed by atoms with Crippen molar-refractivity contribution in [3.05, 3.63) is 11.6 Å². The van der Waals surface area contributed by atoms with E-state index in [4.69, 9.17) is 5.73 Å². The van der Waals surface area contributed by atoms with E-state index in [0.717, 1.165) is 18.7 Å². The van der Waals surface area contributed by atoms with Crippen molar-refractivity contribution in [2.75, 3.05) is 0 Å². The number of hydrogen-bond donors (Lipinski definition) is 1. The molecule has 0 unspecified atom stereocenters. The lowest BCUT2D eigenvalue weighted by Gasteiger charge is -2.27. The van der Waals surface area contributed by atoms with Gasteiger partial charge in [-0.25, -0.2) is 0 Å². The Morgan fingerprint density at radius 2 is 1.67 bits per heavy atom. The summed E-state index contributed by atoms with van der Waals surface area (Å²) in [5.41, 5.74) is 6.00. The molecule has 0 aromatic carbocycles. The van der Waals surface area contributed by atoms with Gasteiger partial charge in [-0.1, -0.05) is 12.8 Å². The van der Waals surface area contributed by atoms with Gasteiger partial charge in [-0.15, -0.1) is 10.2 Å². The minimum atomic E-state index is 0.408. The summed E-state index contributed by atoms with van der Waals surface area (Å²) in [6.45, 7) is 2.10. The molecule has 0 saturated heterocycles. The van der Waals surface area contributed by atoms with Crippen LogP contribution in [0, 0.1) is 6.92 Å². The Morgan fingerprint density at radius 3 is 2.33 bits per heavy atom. The lowest BCUT2D eigenvalue weighted by atomic mass is 9.86. The quantitative estimate of drug-likeness (QED) is 0.875. The molecule has 2 N–H and O–H groups in total. The summed E-state index contributed by atoms with van der Waals surface area (Å²) in [4.78, 5) is 0. The molecular formula is C14H24N4. The van der Waals surface area contributed by atoms with Crippen molar-refractivity contribution in [3.8, 4) is 0 Å². The summed E-state index contributed by atoms with van der Waals surface area (Å²) in [6.07, 6.45) is 9.98. The maximum atomic E-state index is 6.00. The topological polar surface area (TPSA) is 56.7 Å². The first-order valence-corrected chi connectivity index (χ1v) is 7.42. The summed E-state index contributed by atoms with van der Waals surface area (Å²) in [6, 6.07) is 1.07. The molecule has 4 nitrogen and oxygen atoms in total. The van der Waals surface area contributed by atoms with Crippen LogP contribution in [0.15, 0.2) is 0 Å². The molecule has 0 radical (unpaired) electrons. The first-order chi connectivity index (χ1) is 8.75. The maximum absolute atomic E-state index is 6.00. The molecule has 2 aliphatic rings. The molecule has 1 heterocycles. The highest BCUT2D eigenvalue weighted by molar-refractivity contribution is 5.06. The second kappa shape index (κ2) is 5.00. The van der Waals surface area contributed by atoms with Gasteiger partial charge >= 0.3 is 0 Å². The molecular weight excluding hydrogens is 224 g/mol. The van der Waals surface area contributed by atoms with E-state index in [1.165, 1.54) is 44.3 Å². The van der Waals surface area contributed by atoms with E-state index in [0.29, 0.717) is 18.0 Å². The van der Waals surface area contributed by atoms with Crippen LogP contribution in [-0.2, 0) is 0 Å². The van der Waals surface area contributed by atoms with Crippen LogP contribution < -0.4 is 5.73 Å². The van der Waals surface area contributed by atoms with Gasteiger partial charge in [-0.2, -0.15) is 0 Å². The van der Waals surface area contributed by atoms with E-state index in [1.807, 2.05) is 0 Å². The highest BCUT2D eigenvalue weighted by atomic mass is 15.3. The molecule has 2 fully saturated rings. The Balaban J connectivity index is 1.83. The zero-order valence-electron chi connectivity index (χ0n) is 11.3. The summed E-state index contributed by atoms with van der Waals surface area (Å²) in [7, 11) is 0. The van der Waals surface area contributed by atoms with E-state index >= 15 is 0 Å². The SMILES string of the molecule is Cc1nnc(C2CCC(N)CC2)n1C1CCCC1. The molecule has 0 aliphatic heterocycles. The lowest BCUT2D eigenvalue weighted by molar-refractivity contribution is 0.363. The van der Waals surface area contributed by atoms with E-state index in [9.17, 15) is 0 Å². The molecule has 4 heteroatoms. The Labute approximate surface area is 109 Å². The van der Waals surface area contributed by atoms with Crippen molar-refractivity contribution < 1.29 is 0 Å². The Kier molecular flexibility index (Phi) is 3.37. The normalized spacial score (nSPS) is 29.9. The van der Waals surface area contributed by atoms with Crippen molar-refractivity contribution in [2.45, 2.75) is 76.3 Å². The van der Waals surface area contributed by atoms with Gasteiger partial charge in [0.05, 0.1) is 0 Å². The highest BCUT2D eigenvalue weighted by Crippen LogP contribution is 2.37. The van der Waals surface area contributed by atoms with Gasteiger partial charge in [-0.3, -0.25) is 0 Å². The molecule has 0 atom stereocenters. The summed E-state index contributed by atoms with van der Waals surface area (Å²) < 4.78 is 2.44. The van der Waals surface area contributed by atoms with Crippen molar-refractivity contribution in [2.24, 2.45) is 5.73 Å². The minimum absolute atomic E-state index is 0.408. The predicted octanol–water partition coefficient (Wildman–Crippen LogP) is 2.69. The second-order valence-electron chi connectivity index (χ2n) is 6.03. The van der Waals surface area contributed by atoms with Crippen molar-refractivity contribution >= 4 is 0 Å². The standard InChI is InChI=1S/C14H24N4/c1-10-16-17-14(11-6-8-12(15)9-7-11)18(10)13-4-2-3-5-13/h11-13H,2-9,15H2,1H3. The van der Waals surface area contributed by atoms with Gasteiger partial charge in [0, 0.05) is 18.0 Å². The minimum Gasteiger partial charge on any atom is -0.328 e. The maximum Gasteiger partial charge on any atom is 0.136 e. The van der Waals surface area contributed by atoms with Gasteiger partial charge in [0.2, 0.25) is 0 Å². The average Bonchev–Trinajstić information content (AvgIpc) is 2.99. The number of rotatable bonds is 2. The molecule has 0 amide bonds. The largest absolute Gasteiger partial charge is 0.328 e. The van der Waals surface area contributed by atoms with E-state index < -0.39 is 0 Å². The van der Waals surface area contributed by atoms with Crippen molar-refractivity contribution in [3.63, 3.8) is 0 Å². The van der Waals surface area contributed by atoms with Crippen LogP contribution in [0.2, 0.25) is 0 Å². The number of aromatic nitrogens is 3. The molecule has 18 heavy (non-hydrogen) atoms. The van der Waals surface area contributed by atoms with Crippen LogP contribution >= 0.6 is 0 Å². The molecule has 0 bridgehead atoms. The molecule has 0 spiro atoms. The first-order valence-electron chi connectivity index (χ1n) is 7.42. The fourth-order valence-corrected chi connectivity index (χ4v) is 3.66. The first kappa shape index (κ1) is 12.2. The van der Waals surface area contributed by atoms with Gasteiger partial charge in [0.25, 0.3) is 0 Å². The Hall–Kier alpha value is -0.900. The third-order valence-corrected chi connectivity index (χ3v) is 4.72. The molecule has 2 aliphatic carbocycles. The van der Waals surface area contributed by atoms with E-state index in [-0.39, 0.29) is 0 Å². The van der Waals surface area contributed by atoms with Crippen LogP contribution in [0.25, 0.3) is 0 Å². The fourth-order valence-electron chi connectivity index (χ4n) is 3.66. The van der Waals surface area contributed by atoms with Gasteiger partial charge in [-0.05, 0) is 45.4 Å². The van der Waals surface area contributed by atoms with Crippen LogP contribution in [0.3, 0.4) is 0 Å². The number of aryl methyl sites for hydroxylation is 1. The molecule has 1 aromatic rings. The van der Waals surface area contributed by atoms with E-state index in [2.05, 4.69) is 21.7 Å². The Morgan fingerprint density at radius 1 is 1.00 bits per heavy atom. The van der Waals surface area contributed by atoms with Crippen LogP contribution in [0.4, 0.5) is 0 Å². The average molecular weight is 248 g/mol. The van der Waals surface area contributed by atoms with Crippen LogP contribution in [0.5, 0.6) is 0 Å². The Bertz CT molecular complexity index is 398. The lowest BCUT2D eigenvalue weighted by Crippen LogP contribution is -2.27. The third-order valence-electron chi connectivity index (χ3n) is 4.72. The van der Waals surface area contributed by atoms with Crippen molar-refractivity contribution in [1.82, 2.24) is 14.8 Å². The van der Waals surface area contributed by atoms with Gasteiger partial charge in [0.1, 0.15) is 11.6 Å². The zero-order chi connectivity index (χ0) is 12.5. The summed E-state index contributed by atoms with van der Waals surface area (Å²) in [5, 5.41) is 8.82. The monoisotopic (exact) mass is 248 g/mol. The molecule has 100 valence electrons. The summed E-state index contributed by atoms with van der Waals surface area (Å²) in [5.74, 6) is 2.93. The number of hydrogen-bond acceptors (Lipinski definition) is 3. The molecule has 3 rings (SSSR count). The fraction of sp³-hybridized carbons (Fsp3) is 0.857. The van der Waals surface area contributed by atoms with Gasteiger partial charge < -0.3 is 10.3 Å². The number of nitrogens with zero attached hydrogens (tertiary/aromatic N) is 3. The van der Waals surface area contributed by atoms with Crippen LogP contribution in [-0.4, -0.2) is 20.8 Å². The third kappa shape index (κ3) is 2.18. The second-order valence-corrected chi connectivity index (χ2v) is 6.03. The van der Waals surface area contributed by atoms with Crippen LogP contribution in [0.1, 0.15) is 75.0 Å².